The van der Waals surface area contributed by atoms with E-state index in [2.05, 4.69) is 11.0 Å². The van der Waals surface area contributed by atoms with E-state index in [1.54, 1.807) is 0 Å². The summed E-state index contributed by atoms with van der Waals surface area (Å²) in [6, 6.07) is 6.31. The van der Waals surface area contributed by atoms with Crippen LogP contribution in [0.5, 0.6) is 0 Å². The van der Waals surface area contributed by atoms with E-state index in [4.69, 9.17) is 27.5 Å². The fourth-order valence-corrected chi connectivity index (χ4v) is 2.26. The molecule has 0 saturated heterocycles. The van der Waals surface area contributed by atoms with E-state index < -0.39 is 11.9 Å². The van der Waals surface area contributed by atoms with E-state index in [0.717, 1.165) is 24.5 Å². The van der Waals surface area contributed by atoms with Crippen molar-refractivity contribution < 1.29 is 19.8 Å². The van der Waals surface area contributed by atoms with Gasteiger partial charge in [0.1, 0.15) is 0 Å². The van der Waals surface area contributed by atoms with E-state index in [0.29, 0.717) is 12.2 Å². The number of carboxylic acids is 2. The van der Waals surface area contributed by atoms with Crippen LogP contribution in [0.2, 0.25) is 5.02 Å². The van der Waals surface area contributed by atoms with Gasteiger partial charge in [-0.2, -0.15) is 0 Å². The number of hydrogen-bond donors (Lipinski definition) is 3. The predicted molar refractivity (Wildman–Crippen MR) is 85.4 cm³/mol. The first-order valence-corrected chi connectivity index (χ1v) is 7.10. The number of carboxylic acid groups (broad SMARTS) is 2. The van der Waals surface area contributed by atoms with E-state index >= 15 is 0 Å². The first-order valence-electron chi connectivity index (χ1n) is 6.72. The van der Waals surface area contributed by atoms with Crippen LogP contribution in [0.4, 0.5) is 5.69 Å². The minimum atomic E-state index is -1.26. The summed E-state index contributed by atoms with van der Waals surface area (Å²) in [6.07, 6.45) is 2.23. The van der Waals surface area contributed by atoms with Gasteiger partial charge < -0.3 is 20.8 Å². The Kier molecular flexibility index (Phi) is 6.88. The summed E-state index contributed by atoms with van der Waals surface area (Å²) in [5, 5.41) is 16.4. The molecule has 0 unspecified atom stereocenters. The SMILES string of the molecule is C[C@H](N)CN1CCc2ccc(Cl)cc21.O=C(O)/C=C/C(=O)O. The smallest absolute Gasteiger partial charge is 0.328 e. The highest BCUT2D eigenvalue weighted by Crippen LogP contribution is 2.30. The quantitative estimate of drug-likeness (QED) is 0.728. The molecule has 1 atom stereocenters. The Hall–Kier alpha value is -2.05. The second-order valence-electron chi connectivity index (χ2n) is 4.96. The molecule has 0 radical (unpaired) electrons. The van der Waals surface area contributed by atoms with Crippen molar-refractivity contribution in [3.63, 3.8) is 0 Å². The average molecular weight is 327 g/mol. The molecule has 1 aliphatic rings. The first-order chi connectivity index (χ1) is 10.3. The third kappa shape index (κ3) is 6.15. The molecule has 0 bridgehead atoms. The molecule has 7 heteroatoms. The third-order valence-electron chi connectivity index (χ3n) is 2.92. The Morgan fingerprint density at radius 1 is 1.36 bits per heavy atom. The summed E-state index contributed by atoms with van der Waals surface area (Å²) in [4.78, 5) is 21.4. The molecule has 0 fully saturated rings. The summed E-state index contributed by atoms with van der Waals surface area (Å²) in [5.74, 6) is -2.51. The molecular weight excluding hydrogens is 308 g/mol. The summed E-state index contributed by atoms with van der Waals surface area (Å²) < 4.78 is 0. The summed E-state index contributed by atoms with van der Waals surface area (Å²) in [7, 11) is 0. The molecule has 0 aromatic heterocycles. The average Bonchev–Trinajstić information content (AvgIpc) is 2.79. The summed E-state index contributed by atoms with van der Waals surface area (Å²) in [6.45, 7) is 4.01. The molecule has 0 amide bonds. The van der Waals surface area contributed by atoms with Gasteiger partial charge in [0.2, 0.25) is 0 Å². The maximum atomic E-state index is 9.55. The second kappa shape index (κ2) is 8.41. The van der Waals surface area contributed by atoms with Crippen LogP contribution in [-0.2, 0) is 16.0 Å². The van der Waals surface area contributed by atoms with Crippen molar-refractivity contribution >= 4 is 29.2 Å². The number of anilines is 1. The van der Waals surface area contributed by atoms with Crippen molar-refractivity contribution in [1.82, 2.24) is 0 Å². The number of carbonyl (C=O) groups is 2. The highest BCUT2D eigenvalue weighted by atomic mass is 35.5. The lowest BCUT2D eigenvalue weighted by atomic mass is 10.2. The zero-order chi connectivity index (χ0) is 16.7. The number of aliphatic carboxylic acids is 2. The van der Waals surface area contributed by atoms with E-state index in [1.165, 1.54) is 11.3 Å². The van der Waals surface area contributed by atoms with Gasteiger partial charge in [-0.25, -0.2) is 9.59 Å². The molecule has 0 aliphatic carbocycles. The zero-order valence-corrected chi connectivity index (χ0v) is 13.0. The lowest BCUT2D eigenvalue weighted by Crippen LogP contribution is -2.34. The first kappa shape index (κ1) is 18.0. The molecule has 4 N–H and O–H groups in total. The van der Waals surface area contributed by atoms with Gasteiger partial charge in [-0.1, -0.05) is 17.7 Å². The molecule has 1 heterocycles. The van der Waals surface area contributed by atoms with E-state index in [-0.39, 0.29) is 6.04 Å². The number of rotatable bonds is 4. The highest BCUT2D eigenvalue weighted by Gasteiger charge is 2.19. The number of hydrogen-bond acceptors (Lipinski definition) is 4. The van der Waals surface area contributed by atoms with Crippen molar-refractivity contribution in [2.45, 2.75) is 19.4 Å². The maximum Gasteiger partial charge on any atom is 0.328 e. The van der Waals surface area contributed by atoms with Gasteiger partial charge >= 0.3 is 11.9 Å². The van der Waals surface area contributed by atoms with Crippen molar-refractivity contribution in [2.75, 3.05) is 18.0 Å². The molecule has 120 valence electrons. The van der Waals surface area contributed by atoms with Gasteiger partial charge in [-0.15, -0.1) is 0 Å². The van der Waals surface area contributed by atoms with Crippen LogP contribution in [0.3, 0.4) is 0 Å². The van der Waals surface area contributed by atoms with Crippen LogP contribution in [0.25, 0.3) is 0 Å². The lowest BCUT2D eigenvalue weighted by Gasteiger charge is -2.21. The van der Waals surface area contributed by atoms with Crippen molar-refractivity contribution in [3.05, 3.63) is 40.9 Å². The van der Waals surface area contributed by atoms with Gasteiger partial charge in [0, 0.05) is 42.0 Å². The summed E-state index contributed by atoms with van der Waals surface area (Å²) in [5.41, 5.74) is 8.44. The van der Waals surface area contributed by atoms with Crippen LogP contribution in [-0.4, -0.2) is 41.3 Å². The Morgan fingerprint density at radius 2 is 1.95 bits per heavy atom. The largest absolute Gasteiger partial charge is 0.478 e. The molecule has 6 nitrogen and oxygen atoms in total. The molecule has 1 aromatic carbocycles. The Bertz CT molecular complexity index is 557. The fraction of sp³-hybridized carbons (Fsp3) is 0.333. The van der Waals surface area contributed by atoms with Gasteiger partial charge in [-0.3, -0.25) is 0 Å². The van der Waals surface area contributed by atoms with Crippen molar-refractivity contribution in [3.8, 4) is 0 Å². The van der Waals surface area contributed by atoms with Crippen LogP contribution in [0.15, 0.2) is 30.4 Å². The van der Waals surface area contributed by atoms with Crippen LogP contribution in [0, 0.1) is 0 Å². The number of benzene rings is 1. The van der Waals surface area contributed by atoms with E-state index in [9.17, 15) is 9.59 Å². The lowest BCUT2D eigenvalue weighted by molar-refractivity contribution is -0.134. The van der Waals surface area contributed by atoms with Gasteiger partial charge in [0.25, 0.3) is 0 Å². The molecule has 0 saturated carbocycles. The molecule has 1 aliphatic heterocycles. The predicted octanol–water partition coefficient (Wildman–Crippen LogP) is 1.76. The minimum Gasteiger partial charge on any atom is -0.478 e. The molecule has 22 heavy (non-hydrogen) atoms. The van der Waals surface area contributed by atoms with Gasteiger partial charge in [0.05, 0.1) is 0 Å². The summed E-state index contributed by atoms with van der Waals surface area (Å²) >= 11 is 5.97. The molecular formula is C15H19ClN2O4. The Morgan fingerprint density at radius 3 is 2.45 bits per heavy atom. The minimum absolute atomic E-state index is 0.208. The molecule has 0 spiro atoms. The van der Waals surface area contributed by atoms with Crippen molar-refractivity contribution in [1.29, 1.82) is 0 Å². The molecule has 2 rings (SSSR count). The number of nitrogens with two attached hydrogens (primary N) is 1. The normalized spacial score (nSPS) is 14.2. The van der Waals surface area contributed by atoms with Crippen LogP contribution < -0.4 is 10.6 Å². The highest BCUT2D eigenvalue weighted by molar-refractivity contribution is 6.30. The van der Waals surface area contributed by atoms with Crippen LogP contribution >= 0.6 is 11.6 Å². The second-order valence-corrected chi connectivity index (χ2v) is 5.39. The Labute approximate surface area is 133 Å². The number of fused-ring (bicyclic) bond motifs is 1. The zero-order valence-electron chi connectivity index (χ0n) is 12.2. The third-order valence-corrected chi connectivity index (χ3v) is 3.15. The topological polar surface area (TPSA) is 104 Å². The number of halogens is 1. The standard InChI is InChI=1S/C11H15ClN2.C4H4O4/c1-8(13)7-14-5-4-9-2-3-10(12)6-11(9)14;5-3(6)1-2-4(7)8/h2-3,6,8H,4-5,7,13H2,1H3;1-2H,(H,5,6)(H,7,8)/b;2-1+/t8-;/m0./s1. The van der Waals surface area contributed by atoms with Crippen LogP contribution in [0.1, 0.15) is 12.5 Å². The van der Waals surface area contributed by atoms with E-state index in [1.807, 2.05) is 19.1 Å². The monoisotopic (exact) mass is 326 g/mol. The Balaban J connectivity index is 0.000000261. The number of nitrogens with zero attached hydrogens (tertiary/aromatic N) is 1. The fourth-order valence-electron chi connectivity index (χ4n) is 2.10. The van der Waals surface area contributed by atoms with Crippen molar-refractivity contribution in [2.24, 2.45) is 5.73 Å². The van der Waals surface area contributed by atoms with Gasteiger partial charge in [-0.05, 0) is 31.0 Å². The van der Waals surface area contributed by atoms with Gasteiger partial charge in [0.15, 0.2) is 0 Å². The maximum absolute atomic E-state index is 9.55. The molecule has 1 aromatic rings.